The summed E-state index contributed by atoms with van der Waals surface area (Å²) in [5, 5.41) is 0. The summed E-state index contributed by atoms with van der Waals surface area (Å²) >= 11 is 1.66. The molecule has 0 N–H and O–H groups in total. The maximum Gasteiger partial charge on any atom is 0.0801 e. The van der Waals surface area contributed by atoms with E-state index in [9.17, 15) is 0 Å². The fraction of sp³-hybridized carbons (Fsp3) is 0.222. The first-order valence-electron chi connectivity index (χ1n) is 3.48. The van der Waals surface area contributed by atoms with Gasteiger partial charge in [0.15, 0.2) is 0 Å². The van der Waals surface area contributed by atoms with Crippen LogP contribution in [-0.4, -0.2) is 4.98 Å². The summed E-state index contributed by atoms with van der Waals surface area (Å²) in [4.78, 5) is 5.39. The van der Waals surface area contributed by atoms with Crippen molar-refractivity contribution >= 4 is 16.9 Å². The minimum Gasteiger partial charge on any atom is -0.249 e. The zero-order chi connectivity index (χ0) is 8.27. The number of aromatic nitrogens is 1. The van der Waals surface area contributed by atoms with Gasteiger partial charge in [0.1, 0.15) is 0 Å². The lowest BCUT2D eigenvalue weighted by Gasteiger charge is -1.95. The van der Waals surface area contributed by atoms with Gasteiger partial charge < -0.3 is 0 Å². The number of rotatable bonds is 2. The summed E-state index contributed by atoms with van der Waals surface area (Å²) in [6.45, 7) is 7.76. The number of hydrogen-bond donors (Lipinski definition) is 0. The van der Waals surface area contributed by atoms with E-state index in [1.807, 2.05) is 31.5 Å². The molecule has 0 saturated carbocycles. The summed E-state index contributed by atoms with van der Waals surface area (Å²) in [5.74, 6) is 0. The van der Waals surface area contributed by atoms with Crippen LogP contribution < -0.4 is 0 Å². The van der Waals surface area contributed by atoms with Crippen LogP contribution in [0.2, 0.25) is 0 Å². The summed E-state index contributed by atoms with van der Waals surface area (Å²) in [5.41, 5.74) is 4.12. The van der Waals surface area contributed by atoms with Gasteiger partial charge in [-0.3, -0.25) is 0 Å². The number of nitrogens with zero attached hydrogens (tertiary/aromatic N) is 1. The summed E-state index contributed by atoms with van der Waals surface area (Å²) in [7, 11) is 0. The zero-order valence-corrected chi connectivity index (χ0v) is 7.61. The van der Waals surface area contributed by atoms with Crippen molar-refractivity contribution in [1.29, 1.82) is 0 Å². The normalized spacial score (nSPS) is 11.6. The lowest BCUT2D eigenvalue weighted by molar-refractivity contribution is 1.26. The van der Waals surface area contributed by atoms with Gasteiger partial charge in [0, 0.05) is 0 Å². The molecule has 0 amide bonds. The first-order chi connectivity index (χ1) is 5.29. The molecule has 0 unspecified atom stereocenters. The third-order valence-corrected chi connectivity index (χ3v) is 2.52. The molecular weight excluding hydrogens is 154 g/mol. The molecule has 1 rings (SSSR count). The van der Waals surface area contributed by atoms with E-state index < -0.39 is 0 Å². The van der Waals surface area contributed by atoms with Crippen LogP contribution in [0.3, 0.4) is 0 Å². The van der Waals surface area contributed by atoms with Gasteiger partial charge in [-0.15, -0.1) is 11.3 Å². The predicted octanol–water partition coefficient (Wildman–Crippen LogP) is 3.04. The molecule has 0 aliphatic carbocycles. The summed E-state index contributed by atoms with van der Waals surface area (Å²) in [6, 6.07) is 0. The Hall–Kier alpha value is -0.890. The van der Waals surface area contributed by atoms with Crippen LogP contribution in [0.25, 0.3) is 5.57 Å². The lowest BCUT2D eigenvalue weighted by Crippen LogP contribution is -1.78. The Labute approximate surface area is 71.1 Å². The standard InChI is InChI=1S/C9H11NS/c1-4-8(5-2)9-7(3)10-6-11-9/h4-6H,1H2,2-3H3/b8-5+. The van der Waals surface area contributed by atoms with Gasteiger partial charge >= 0.3 is 0 Å². The first kappa shape index (κ1) is 8.21. The summed E-state index contributed by atoms with van der Waals surface area (Å²) < 4.78 is 0. The van der Waals surface area contributed by atoms with Crippen LogP contribution in [0.15, 0.2) is 24.2 Å². The Balaban J connectivity index is 3.09. The quantitative estimate of drug-likeness (QED) is 0.614. The van der Waals surface area contributed by atoms with Crippen molar-refractivity contribution in [2.45, 2.75) is 13.8 Å². The molecule has 2 heteroatoms. The van der Waals surface area contributed by atoms with Crippen LogP contribution in [0, 0.1) is 6.92 Å². The second kappa shape index (κ2) is 3.49. The Morgan fingerprint density at radius 2 is 2.45 bits per heavy atom. The van der Waals surface area contributed by atoms with E-state index in [-0.39, 0.29) is 0 Å². The van der Waals surface area contributed by atoms with E-state index in [1.165, 1.54) is 10.5 Å². The SMILES string of the molecule is C=C/C(=C\C)c1scnc1C. The van der Waals surface area contributed by atoms with Gasteiger partial charge in [-0.2, -0.15) is 0 Å². The van der Waals surface area contributed by atoms with Crippen LogP contribution in [-0.2, 0) is 0 Å². The van der Waals surface area contributed by atoms with Gasteiger partial charge in [0.05, 0.1) is 16.1 Å². The predicted molar refractivity (Wildman–Crippen MR) is 50.7 cm³/mol. The molecule has 0 fully saturated rings. The van der Waals surface area contributed by atoms with Crippen molar-refractivity contribution in [3.05, 3.63) is 34.8 Å². The van der Waals surface area contributed by atoms with Crippen molar-refractivity contribution in [2.24, 2.45) is 0 Å². The third kappa shape index (κ3) is 1.57. The number of allylic oxidation sites excluding steroid dienone is 3. The molecule has 0 radical (unpaired) electrons. The highest BCUT2D eigenvalue weighted by Gasteiger charge is 2.02. The Morgan fingerprint density at radius 1 is 1.73 bits per heavy atom. The third-order valence-electron chi connectivity index (χ3n) is 1.54. The molecule has 0 atom stereocenters. The fourth-order valence-electron chi connectivity index (χ4n) is 0.921. The first-order valence-corrected chi connectivity index (χ1v) is 4.36. The molecule has 1 heterocycles. The van der Waals surface area contributed by atoms with Crippen molar-refractivity contribution in [3.63, 3.8) is 0 Å². The van der Waals surface area contributed by atoms with E-state index >= 15 is 0 Å². The molecule has 0 aliphatic heterocycles. The molecule has 11 heavy (non-hydrogen) atoms. The fourth-order valence-corrected chi connectivity index (χ4v) is 1.80. The monoisotopic (exact) mass is 165 g/mol. The Morgan fingerprint density at radius 3 is 2.82 bits per heavy atom. The molecule has 1 aromatic rings. The van der Waals surface area contributed by atoms with Crippen molar-refractivity contribution in [1.82, 2.24) is 4.98 Å². The molecule has 1 aromatic heterocycles. The molecule has 0 bridgehead atoms. The largest absolute Gasteiger partial charge is 0.249 e. The topological polar surface area (TPSA) is 12.9 Å². The second-order valence-electron chi connectivity index (χ2n) is 2.22. The second-order valence-corrected chi connectivity index (χ2v) is 3.07. The maximum atomic E-state index is 4.16. The van der Waals surface area contributed by atoms with E-state index in [2.05, 4.69) is 11.6 Å². The lowest BCUT2D eigenvalue weighted by atomic mass is 10.2. The van der Waals surface area contributed by atoms with Crippen molar-refractivity contribution in [3.8, 4) is 0 Å². The van der Waals surface area contributed by atoms with E-state index in [1.54, 1.807) is 11.3 Å². The average molecular weight is 165 g/mol. The minimum absolute atomic E-state index is 1.09. The van der Waals surface area contributed by atoms with E-state index in [4.69, 9.17) is 0 Å². The smallest absolute Gasteiger partial charge is 0.0801 e. The number of aryl methyl sites for hydroxylation is 1. The van der Waals surface area contributed by atoms with Crippen LogP contribution in [0.5, 0.6) is 0 Å². The molecule has 0 aliphatic rings. The van der Waals surface area contributed by atoms with Crippen LogP contribution in [0.1, 0.15) is 17.5 Å². The number of thiazole rings is 1. The average Bonchev–Trinajstić information content (AvgIpc) is 2.40. The molecule has 0 saturated heterocycles. The molecular formula is C9H11NS. The van der Waals surface area contributed by atoms with Crippen LogP contribution in [0.4, 0.5) is 0 Å². The van der Waals surface area contributed by atoms with E-state index in [0.29, 0.717) is 0 Å². The highest BCUT2D eigenvalue weighted by molar-refractivity contribution is 7.11. The van der Waals surface area contributed by atoms with Gasteiger partial charge in [0.25, 0.3) is 0 Å². The van der Waals surface area contributed by atoms with Crippen molar-refractivity contribution in [2.75, 3.05) is 0 Å². The van der Waals surface area contributed by atoms with Gasteiger partial charge in [-0.05, 0) is 19.4 Å². The van der Waals surface area contributed by atoms with Gasteiger partial charge in [0.2, 0.25) is 0 Å². The number of hydrogen-bond acceptors (Lipinski definition) is 2. The minimum atomic E-state index is 1.09. The zero-order valence-electron chi connectivity index (χ0n) is 6.79. The molecule has 58 valence electrons. The highest BCUT2D eigenvalue weighted by Crippen LogP contribution is 2.22. The van der Waals surface area contributed by atoms with E-state index in [0.717, 1.165) is 5.69 Å². The Kier molecular flexibility index (Phi) is 2.60. The van der Waals surface area contributed by atoms with Gasteiger partial charge in [-0.25, -0.2) is 4.98 Å². The summed E-state index contributed by atoms with van der Waals surface area (Å²) in [6.07, 6.45) is 3.91. The van der Waals surface area contributed by atoms with Crippen molar-refractivity contribution < 1.29 is 0 Å². The van der Waals surface area contributed by atoms with Crippen LogP contribution >= 0.6 is 11.3 Å². The molecule has 1 nitrogen and oxygen atoms in total. The molecule has 0 aromatic carbocycles. The molecule has 0 spiro atoms. The highest BCUT2D eigenvalue weighted by atomic mass is 32.1. The Bertz CT molecular complexity index is 284. The maximum absolute atomic E-state index is 4.16. The van der Waals surface area contributed by atoms with Gasteiger partial charge in [-0.1, -0.05) is 18.7 Å².